The standard InChI is InChI=1S/C20H23F3NO7P/c1-4-28-32(26,29-5-2)13-27-19(25)14(3)30-16-7-9-17(10-8-16)31-18-11-6-15(12-24-18)20(21,22)23/h6-12,14H,4-5,13H2,1-3H3/t14-/m1/s1. The highest BCUT2D eigenvalue weighted by atomic mass is 31.2. The molecule has 0 aliphatic rings. The fourth-order valence-corrected chi connectivity index (χ4v) is 3.63. The summed E-state index contributed by atoms with van der Waals surface area (Å²) >= 11 is 0. The lowest BCUT2D eigenvalue weighted by Crippen LogP contribution is -2.26. The number of hydrogen-bond donors (Lipinski definition) is 0. The molecule has 1 heterocycles. The van der Waals surface area contributed by atoms with Crippen LogP contribution in [0.5, 0.6) is 17.4 Å². The predicted molar refractivity (Wildman–Crippen MR) is 108 cm³/mol. The number of esters is 1. The van der Waals surface area contributed by atoms with Crippen molar-refractivity contribution in [3.63, 3.8) is 0 Å². The first-order valence-electron chi connectivity index (χ1n) is 9.59. The lowest BCUT2D eigenvalue weighted by Gasteiger charge is -2.18. The van der Waals surface area contributed by atoms with E-state index in [9.17, 15) is 22.5 Å². The Balaban J connectivity index is 1.90. The van der Waals surface area contributed by atoms with Gasteiger partial charge in [-0.2, -0.15) is 13.2 Å². The molecule has 12 heteroatoms. The smallest absolute Gasteiger partial charge is 0.417 e. The zero-order valence-electron chi connectivity index (χ0n) is 17.6. The molecule has 0 unspecified atom stereocenters. The Morgan fingerprint density at radius 2 is 1.62 bits per heavy atom. The van der Waals surface area contributed by atoms with Crippen molar-refractivity contribution in [3.05, 3.63) is 48.2 Å². The zero-order valence-corrected chi connectivity index (χ0v) is 18.5. The van der Waals surface area contributed by atoms with E-state index < -0.39 is 37.8 Å². The second-order valence-electron chi connectivity index (χ2n) is 6.26. The van der Waals surface area contributed by atoms with E-state index in [4.69, 9.17) is 23.3 Å². The molecule has 0 aliphatic heterocycles. The maximum Gasteiger partial charge on any atom is 0.417 e. The molecule has 8 nitrogen and oxygen atoms in total. The summed E-state index contributed by atoms with van der Waals surface area (Å²) in [6, 6.07) is 7.94. The van der Waals surface area contributed by atoms with Crippen molar-refractivity contribution in [2.45, 2.75) is 33.1 Å². The van der Waals surface area contributed by atoms with Gasteiger partial charge >= 0.3 is 19.7 Å². The van der Waals surface area contributed by atoms with Crippen LogP contribution in [0.3, 0.4) is 0 Å². The Morgan fingerprint density at radius 1 is 1.03 bits per heavy atom. The number of nitrogens with zero attached hydrogens (tertiary/aromatic N) is 1. The van der Waals surface area contributed by atoms with Crippen LogP contribution in [0.4, 0.5) is 13.2 Å². The summed E-state index contributed by atoms with van der Waals surface area (Å²) in [4.78, 5) is 15.7. The third-order valence-corrected chi connectivity index (χ3v) is 5.52. The molecule has 0 saturated carbocycles. The SMILES string of the molecule is CCOP(=O)(COC(=O)[C@@H](C)Oc1ccc(Oc2ccc(C(F)(F)F)cn2)cc1)OCC. The first kappa shape index (κ1) is 25.6. The van der Waals surface area contributed by atoms with Crippen LogP contribution in [0, 0.1) is 0 Å². The monoisotopic (exact) mass is 477 g/mol. The van der Waals surface area contributed by atoms with Gasteiger partial charge in [-0.3, -0.25) is 4.57 Å². The number of carbonyl (C=O) groups is 1. The molecule has 1 aromatic carbocycles. The Labute approximate surface area is 183 Å². The quantitative estimate of drug-likeness (QED) is 0.313. The van der Waals surface area contributed by atoms with Gasteiger partial charge in [-0.05, 0) is 51.1 Å². The van der Waals surface area contributed by atoms with Gasteiger partial charge in [0, 0.05) is 12.3 Å². The van der Waals surface area contributed by atoms with E-state index in [1.165, 1.54) is 31.2 Å². The van der Waals surface area contributed by atoms with Crippen LogP contribution in [-0.4, -0.2) is 36.6 Å². The number of halogens is 3. The van der Waals surface area contributed by atoms with Gasteiger partial charge < -0.3 is 23.3 Å². The van der Waals surface area contributed by atoms with E-state index >= 15 is 0 Å². The molecular weight excluding hydrogens is 454 g/mol. The number of alkyl halides is 3. The van der Waals surface area contributed by atoms with Gasteiger partial charge in [0.15, 0.2) is 12.5 Å². The second-order valence-corrected chi connectivity index (χ2v) is 8.25. The maximum absolute atomic E-state index is 12.6. The summed E-state index contributed by atoms with van der Waals surface area (Å²) in [6.07, 6.45) is -5.36. The number of aromatic nitrogens is 1. The molecule has 1 atom stereocenters. The summed E-state index contributed by atoms with van der Waals surface area (Å²) in [6.45, 7) is 5.00. The normalized spacial score (nSPS) is 12.8. The van der Waals surface area contributed by atoms with E-state index in [0.717, 1.165) is 12.1 Å². The van der Waals surface area contributed by atoms with Crippen LogP contribution < -0.4 is 9.47 Å². The first-order valence-corrected chi connectivity index (χ1v) is 11.3. The topological polar surface area (TPSA) is 93.2 Å². The molecule has 0 spiro atoms. The molecule has 0 aliphatic carbocycles. The molecule has 0 N–H and O–H groups in total. The zero-order chi connectivity index (χ0) is 23.8. The molecule has 0 amide bonds. The van der Waals surface area contributed by atoms with Crippen LogP contribution in [0.25, 0.3) is 0 Å². The number of benzene rings is 1. The number of carbonyl (C=O) groups excluding carboxylic acids is 1. The highest BCUT2D eigenvalue weighted by molar-refractivity contribution is 7.53. The van der Waals surface area contributed by atoms with Crippen molar-refractivity contribution >= 4 is 13.6 Å². The van der Waals surface area contributed by atoms with Gasteiger partial charge in [-0.25, -0.2) is 9.78 Å². The lowest BCUT2D eigenvalue weighted by atomic mass is 10.3. The van der Waals surface area contributed by atoms with Crippen molar-refractivity contribution in [2.24, 2.45) is 0 Å². The molecule has 2 aromatic rings. The van der Waals surface area contributed by atoms with Gasteiger partial charge in [0.1, 0.15) is 11.5 Å². The van der Waals surface area contributed by atoms with Crippen LogP contribution in [0.15, 0.2) is 42.6 Å². The average Bonchev–Trinajstić information content (AvgIpc) is 2.73. The van der Waals surface area contributed by atoms with Gasteiger partial charge in [0.05, 0.1) is 18.8 Å². The van der Waals surface area contributed by atoms with Crippen LogP contribution in [0.1, 0.15) is 26.3 Å². The average molecular weight is 477 g/mol. The first-order chi connectivity index (χ1) is 15.1. The molecule has 0 fully saturated rings. The number of hydrogen-bond acceptors (Lipinski definition) is 8. The highest BCUT2D eigenvalue weighted by Gasteiger charge is 2.31. The van der Waals surface area contributed by atoms with E-state index in [1.807, 2.05) is 0 Å². The minimum absolute atomic E-state index is 0.0170. The van der Waals surface area contributed by atoms with Crippen molar-refractivity contribution in [3.8, 4) is 17.4 Å². The summed E-state index contributed by atoms with van der Waals surface area (Å²) in [7, 11) is -3.53. The fraction of sp³-hybridized carbons (Fsp3) is 0.400. The lowest BCUT2D eigenvalue weighted by molar-refractivity contribution is -0.149. The predicted octanol–water partition coefficient (Wildman–Crippen LogP) is 5.43. The number of ether oxygens (including phenoxy) is 3. The molecule has 0 radical (unpaired) electrons. The fourth-order valence-electron chi connectivity index (χ4n) is 2.33. The maximum atomic E-state index is 12.6. The molecule has 0 saturated heterocycles. The van der Waals surface area contributed by atoms with Crippen molar-refractivity contribution < 1.29 is 45.8 Å². The summed E-state index contributed by atoms with van der Waals surface area (Å²) in [5.74, 6) is -0.176. The van der Waals surface area contributed by atoms with Crippen molar-refractivity contribution in [1.82, 2.24) is 4.98 Å². The summed E-state index contributed by atoms with van der Waals surface area (Å²) in [5.41, 5.74) is -0.881. The Bertz CT molecular complexity index is 910. The largest absolute Gasteiger partial charge is 0.479 e. The van der Waals surface area contributed by atoms with Gasteiger partial charge in [0.2, 0.25) is 5.88 Å². The van der Waals surface area contributed by atoms with E-state index in [-0.39, 0.29) is 19.1 Å². The third-order valence-electron chi connectivity index (χ3n) is 3.77. The summed E-state index contributed by atoms with van der Waals surface area (Å²) in [5, 5.41) is 0. The van der Waals surface area contributed by atoms with Crippen LogP contribution >= 0.6 is 7.60 Å². The summed E-state index contributed by atoms with van der Waals surface area (Å²) < 4.78 is 76.0. The second kappa shape index (κ2) is 11.3. The van der Waals surface area contributed by atoms with Crippen molar-refractivity contribution in [1.29, 1.82) is 0 Å². The number of rotatable bonds is 11. The van der Waals surface area contributed by atoms with Crippen molar-refractivity contribution in [2.75, 3.05) is 19.6 Å². The number of pyridine rings is 1. The highest BCUT2D eigenvalue weighted by Crippen LogP contribution is 2.47. The van der Waals surface area contributed by atoms with Gasteiger partial charge in [0.25, 0.3) is 0 Å². The molecular formula is C20H23F3NO7P. The third kappa shape index (κ3) is 7.81. The van der Waals surface area contributed by atoms with Crippen LogP contribution in [-0.2, 0) is 29.3 Å². The Kier molecular flexibility index (Phi) is 9.06. The van der Waals surface area contributed by atoms with E-state index in [2.05, 4.69) is 4.98 Å². The molecule has 176 valence electrons. The van der Waals surface area contributed by atoms with E-state index in [0.29, 0.717) is 17.7 Å². The van der Waals surface area contributed by atoms with Crippen LogP contribution in [0.2, 0.25) is 0 Å². The molecule has 2 rings (SSSR count). The minimum Gasteiger partial charge on any atom is -0.479 e. The Hall–Kier alpha value is -2.62. The molecule has 32 heavy (non-hydrogen) atoms. The van der Waals surface area contributed by atoms with Gasteiger partial charge in [-0.1, -0.05) is 0 Å². The minimum atomic E-state index is -4.48. The Morgan fingerprint density at radius 3 is 2.12 bits per heavy atom. The van der Waals surface area contributed by atoms with E-state index in [1.54, 1.807) is 13.8 Å². The van der Waals surface area contributed by atoms with Gasteiger partial charge in [-0.15, -0.1) is 0 Å². The molecule has 0 bridgehead atoms. The molecule has 1 aromatic heterocycles.